The molecule has 7 nitrogen and oxygen atoms in total. The molecule has 2 atom stereocenters. The zero-order valence-electron chi connectivity index (χ0n) is 14.0. The van der Waals surface area contributed by atoms with Gasteiger partial charge in [0.15, 0.2) is 5.76 Å². The van der Waals surface area contributed by atoms with Crippen LogP contribution in [0.15, 0.2) is 10.6 Å². The molecule has 3 heterocycles. The zero-order valence-corrected chi connectivity index (χ0v) is 14.0. The van der Waals surface area contributed by atoms with Crippen LogP contribution in [0.1, 0.15) is 31.2 Å². The summed E-state index contributed by atoms with van der Waals surface area (Å²) in [6.45, 7) is 8.67. The first-order valence-electron chi connectivity index (χ1n) is 8.43. The minimum atomic E-state index is 0.0168. The van der Waals surface area contributed by atoms with Gasteiger partial charge in [0, 0.05) is 38.9 Å². The number of ether oxygens (including phenoxy) is 1. The molecule has 2 aliphatic heterocycles. The molecule has 0 spiro atoms. The van der Waals surface area contributed by atoms with Crippen LogP contribution in [0.2, 0.25) is 0 Å². The summed E-state index contributed by atoms with van der Waals surface area (Å²) >= 11 is 0. The quantitative estimate of drug-likeness (QED) is 0.907. The summed E-state index contributed by atoms with van der Waals surface area (Å²) in [5.41, 5.74) is 0.904. The Bertz CT molecular complexity index is 519. The largest absolute Gasteiger partial charge is 0.376 e. The van der Waals surface area contributed by atoms with Crippen LogP contribution in [0.5, 0.6) is 0 Å². The van der Waals surface area contributed by atoms with Crippen LogP contribution in [0.3, 0.4) is 0 Å². The minimum Gasteiger partial charge on any atom is -0.376 e. The SMILES string of the molecule is Cc1cc(CN2CCN(C(=O)NC(C)C3CCCO3)CC2)on1. The lowest BCUT2D eigenvalue weighted by atomic mass is 10.1. The predicted molar refractivity (Wildman–Crippen MR) is 85.1 cm³/mol. The Kier molecular flexibility index (Phi) is 5.17. The van der Waals surface area contributed by atoms with Gasteiger partial charge >= 0.3 is 6.03 Å². The van der Waals surface area contributed by atoms with E-state index in [0.717, 1.165) is 63.6 Å². The van der Waals surface area contributed by atoms with Crippen LogP contribution in [0.25, 0.3) is 0 Å². The number of rotatable bonds is 4. The molecular formula is C16H26N4O3. The van der Waals surface area contributed by atoms with Crippen molar-refractivity contribution in [3.63, 3.8) is 0 Å². The highest BCUT2D eigenvalue weighted by molar-refractivity contribution is 5.74. The molecule has 128 valence electrons. The molecule has 2 aliphatic rings. The normalized spacial score (nSPS) is 23.9. The van der Waals surface area contributed by atoms with Gasteiger partial charge in [-0.1, -0.05) is 5.16 Å². The average molecular weight is 322 g/mol. The summed E-state index contributed by atoms with van der Waals surface area (Å²) in [5, 5.41) is 6.98. The van der Waals surface area contributed by atoms with E-state index in [-0.39, 0.29) is 18.2 Å². The molecule has 0 radical (unpaired) electrons. The van der Waals surface area contributed by atoms with Gasteiger partial charge in [0.2, 0.25) is 0 Å². The molecule has 7 heteroatoms. The summed E-state index contributed by atoms with van der Waals surface area (Å²) < 4.78 is 10.9. The van der Waals surface area contributed by atoms with E-state index in [9.17, 15) is 4.79 Å². The standard InChI is InChI=1S/C16H26N4O3/c1-12-10-14(23-18-12)11-19-5-7-20(8-6-19)16(21)17-13(2)15-4-3-9-22-15/h10,13,15H,3-9,11H2,1-2H3,(H,17,21). The molecule has 2 unspecified atom stereocenters. The Morgan fingerprint density at radius 1 is 1.43 bits per heavy atom. The van der Waals surface area contributed by atoms with E-state index in [0.29, 0.717) is 0 Å². The number of hydrogen-bond acceptors (Lipinski definition) is 5. The zero-order chi connectivity index (χ0) is 16.2. The Hall–Kier alpha value is -1.60. The molecule has 1 N–H and O–H groups in total. The topological polar surface area (TPSA) is 70.8 Å². The van der Waals surface area contributed by atoms with Gasteiger partial charge < -0.3 is 19.5 Å². The molecule has 0 saturated carbocycles. The van der Waals surface area contributed by atoms with E-state index in [1.54, 1.807) is 0 Å². The lowest BCUT2D eigenvalue weighted by molar-refractivity contribution is 0.0795. The second kappa shape index (κ2) is 7.31. The number of hydrogen-bond donors (Lipinski definition) is 1. The van der Waals surface area contributed by atoms with Crippen molar-refractivity contribution in [1.29, 1.82) is 0 Å². The smallest absolute Gasteiger partial charge is 0.317 e. The number of nitrogens with zero attached hydrogens (tertiary/aromatic N) is 3. The summed E-state index contributed by atoms with van der Waals surface area (Å²) in [6.07, 6.45) is 2.28. The number of carbonyl (C=O) groups is 1. The fraction of sp³-hybridized carbons (Fsp3) is 0.750. The monoisotopic (exact) mass is 322 g/mol. The summed E-state index contributed by atoms with van der Waals surface area (Å²) in [6, 6.07) is 2.05. The Morgan fingerprint density at radius 3 is 2.83 bits per heavy atom. The number of piperazine rings is 1. The fourth-order valence-electron chi connectivity index (χ4n) is 3.20. The van der Waals surface area contributed by atoms with Gasteiger partial charge in [0.1, 0.15) is 0 Å². The van der Waals surface area contributed by atoms with Crippen LogP contribution in [-0.4, -0.2) is 65.9 Å². The van der Waals surface area contributed by atoms with Crippen LogP contribution in [0, 0.1) is 6.92 Å². The predicted octanol–water partition coefficient (Wildman–Crippen LogP) is 1.38. The highest BCUT2D eigenvalue weighted by Crippen LogP contribution is 2.16. The highest BCUT2D eigenvalue weighted by Gasteiger charge is 2.27. The molecule has 0 aliphatic carbocycles. The maximum atomic E-state index is 12.3. The van der Waals surface area contributed by atoms with Gasteiger partial charge in [-0.3, -0.25) is 4.90 Å². The Morgan fingerprint density at radius 2 is 2.22 bits per heavy atom. The number of carbonyl (C=O) groups excluding carboxylic acids is 1. The van der Waals surface area contributed by atoms with Crippen molar-refractivity contribution >= 4 is 6.03 Å². The second-order valence-corrected chi connectivity index (χ2v) is 6.49. The molecule has 0 aromatic carbocycles. The minimum absolute atomic E-state index is 0.0168. The van der Waals surface area contributed by atoms with Crippen molar-refractivity contribution < 1.29 is 14.1 Å². The summed E-state index contributed by atoms with van der Waals surface area (Å²) in [7, 11) is 0. The van der Waals surface area contributed by atoms with E-state index in [1.165, 1.54) is 0 Å². The molecule has 1 aromatic rings. The van der Waals surface area contributed by atoms with Gasteiger partial charge in [0.25, 0.3) is 0 Å². The number of amides is 2. The van der Waals surface area contributed by atoms with Crippen LogP contribution in [0.4, 0.5) is 4.79 Å². The van der Waals surface area contributed by atoms with Crippen LogP contribution >= 0.6 is 0 Å². The lowest BCUT2D eigenvalue weighted by Gasteiger charge is -2.35. The molecule has 2 fully saturated rings. The molecule has 0 bridgehead atoms. The average Bonchev–Trinajstić information content (AvgIpc) is 3.20. The van der Waals surface area contributed by atoms with E-state index < -0.39 is 0 Å². The van der Waals surface area contributed by atoms with Crippen molar-refractivity contribution in [2.24, 2.45) is 0 Å². The third-order valence-corrected chi connectivity index (χ3v) is 4.59. The lowest BCUT2D eigenvalue weighted by Crippen LogP contribution is -2.54. The molecule has 23 heavy (non-hydrogen) atoms. The Labute approximate surface area is 136 Å². The molecule has 2 amide bonds. The summed E-state index contributed by atoms with van der Waals surface area (Å²) in [4.78, 5) is 16.5. The van der Waals surface area contributed by atoms with Crippen molar-refractivity contribution in [2.75, 3.05) is 32.8 Å². The molecular weight excluding hydrogens is 296 g/mol. The van der Waals surface area contributed by atoms with Crippen LogP contribution < -0.4 is 5.32 Å². The maximum Gasteiger partial charge on any atom is 0.317 e. The molecule has 2 saturated heterocycles. The number of aryl methyl sites for hydroxylation is 1. The third-order valence-electron chi connectivity index (χ3n) is 4.59. The number of urea groups is 1. The second-order valence-electron chi connectivity index (χ2n) is 6.49. The van der Waals surface area contributed by atoms with Gasteiger partial charge in [-0.05, 0) is 26.7 Å². The van der Waals surface area contributed by atoms with Crippen molar-refractivity contribution in [3.8, 4) is 0 Å². The van der Waals surface area contributed by atoms with Gasteiger partial charge in [-0.2, -0.15) is 0 Å². The Balaban J connectivity index is 1.41. The fourth-order valence-corrected chi connectivity index (χ4v) is 3.20. The molecule has 1 aromatic heterocycles. The van der Waals surface area contributed by atoms with Crippen molar-refractivity contribution in [1.82, 2.24) is 20.3 Å². The molecule has 3 rings (SSSR count). The number of nitrogens with one attached hydrogen (secondary N) is 1. The van der Waals surface area contributed by atoms with E-state index in [4.69, 9.17) is 9.26 Å². The number of aromatic nitrogens is 1. The van der Waals surface area contributed by atoms with Crippen LogP contribution in [-0.2, 0) is 11.3 Å². The third kappa shape index (κ3) is 4.23. The maximum absolute atomic E-state index is 12.3. The highest BCUT2D eigenvalue weighted by atomic mass is 16.5. The van der Waals surface area contributed by atoms with E-state index >= 15 is 0 Å². The van der Waals surface area contributed by atoms with Crippen molar-refractivity contribution in [2.45, 2.75) is 45.4 Å². The first kappa shape index (κ1) is 16.3. The first-order chi connectivity index (χ1) is 11.1. The van der Waals surface area contributed by atoms with Crippen molar-refractivity contribution in [3.05, 3.63) is 17.5 Å². The van der Waals surface area contributed by atoms with Gasteiger partial charge in [-0.15, -0.1) is 0 Å². The summed E-state index contributed by atoms with van der Waals surface area (Å²) in [5.74, 6) is 0.882. The van der Waals surface area contributed by atoms with E-state index in [2.05, 4.69) is 15.4 Å². The van der Waals surface area contributed by atoms with Gasteiger partial charge in [0.05, 0.1) is 24.4 Å². The van der Waals surface area contributed by atoms with E-state index in [1.807, 2.05) is 24.8 Å². The first-order valence-corrected chi connectivity index (χ1v) is 8.43. The van der Waals surface area contributed by atoms with Gasteiger partial charge in [-0.25, -0.2) is 4.79 Å².